The Morgan fingerprint density at radius 1 is 0.556 bits per heavy atom. The maximum Gasteiger partial charge on any atom is 0.407 e. The molecular formula is C48H71N7O8. The fraction of sp³-hybridized carbons (Fsp3) is 0.604. The molecule has 0 radical (unpaired) electrons. The van der Waals surface area contributed by atoms with E-state index in [2.05, 4.69) is 10.2 Å². The molecule has 3 aromatic rings. The van der Waals surface area contributed by atoms with Crippen LogP contribution in [0, 0.1) is 0 Å². The first-order chi connectivity index (χ1) is 29.3. The van der Waals surface area contributed by atoms with Crippen molar-refractivity contribution in [1.29, 1.82) is 0 Å². The van der Waals surface area contributed by atoms with Crippen LogP contribution >= 0.6 is 0 Å². The predicted molar refractivity (Wildman–Crippen MR) is 242 cm³/mol. The maximum atomic E-state index is 14.3. The zero-order chi connectivity index (χ0) is 46.6. The zero-order valence-corrected chi connectivity index (χ0v) is 39.7. The van der Waals surface area contributed by atoms with Gasteiger partial charge in [0.2, 0.25) is 0 Å². The van der Waals surface area contributed by atoms with Crippen LogP contribution in [-0.4, -0.2) is 128 Å². The fourth-order valence-electron chi connectivity index (χ4n) is 6.89. The number of nitrogens with one attached hydrogen (secondary N) is 1. The Hall–Kier alpha value is -4.99. The van der Waals surface area contributed by atoms with Crippen LogP contribution in [0.25, 0.3) is 22.8 Å². The molecule has 0 aromatic carbocycles. The van der Waals surface area contributed by atoms with Gasteiger partial charge in [0.05, 0.1) is 47.3 Å². The van der Waals surface area contributed by atoms with Gasteiger partial charge in [-0.15, -0.1) is 0 Å². The molecule has 0 unspecified atom stereocenters. The summed E-state index contributed by atoms with van der Waals surface area (Å²) in [6.45, 7) is 24.3. The number of amides is 1. The van der Waals surface area contributed by atoms with E-state index in [-0.39, 0.29) is 31.0 Å². The van der Waals surface area contributed by atoms with Gasteiger partial charge in [0, 0.05) is 45.8 Å². The SMILES string of the molecule is CC(C)(C)OC(=O)CN1CCN([C@@H](CCCCNC(=O)OC(C)(C)C)C(=O)OC(C)(C)C)CCN(CC(=O)OC(C)(C)C)Cc2cccc(n2)-c2cccc(n2)-c2cccc(n2)C1. The monoisotopic (exact) mass is 874 g/mol. The van der Waals surface area contributed by atoms with Gasteiger partial charge in [0.1, 0.15) is 28.4 Å². The summed E-state index contributed by atoms with van der Waals surface area (Å²) in [4.78, 5) is 74.6. The van der Waals surface area contributed by atoms with Crippen LogP contribution in [-0.2, 0) is 46.4 Å². The van der Waals surface area contributed by atoms with Crippen molar-refractivity contribution in [3.8, 4) is 22.8 Å². The van der Waals surface area contributed by atoms with Gasteiger partial charge in [0.25, 0.3) is 0 Å². The van der Waals surface area contributed by atoms with Gasteiger partial charge in [-0.2, -0.15) is 0 Å². The first-order valence-electron chi connectivity index (χ1n) is 22.0. The minimum Gasteiger partial charge on any atom is -0.459 e. The summed E-state index contributed by atoms with van der Waals surface area (Å²) >= 11 is 0. The van der Waals surface area contributed by atoms with Crippen LogP contribution in [0.4, 0.5) is 4.79 Å². The average Bonchev–Trinajstić information content (AvgIpc) is 3.13. The third kappa shape index (κ3) is 19.1. The first-order valence-corrected chi connectivity index (χ1v) is 22.0. The number of alkyl carbamates (subject to hydrolysis) is 1. The van der Waals surface area contributed by atoms with E-state index >= 15 is 0 Å². The molecule has 1 atom stereocenters. The molecule has 3 aromatic heterocycles. The highest BCUT2D eigenvalue weighted by Crippen LogP contribution is 2.23. The van der Waals surface area contributed by atoms with Crippen molar-refractivity contribution < 1.29 is 38.1 Å². The summed E-state index contributed by atoms with van der Waals surface area (Å²) in [5.41, 5.74) is 1.33. The summed E-state index contributed by atoms with van der Waals surface area (Å²) in [5.74, 6) is -1.17. The number of esters is 3. The lowest BCUT2D eigenvalue weighted by atomic mass is 10.1. The molecule has 1 N–H and O–H groups in total. The molecule has 6 bridgehead atoms. The van der Waals surface area contributed by atoms with E-state index < -0.39 is 34.5 Å². The van der Waals surface area contributed by atoms with Crippen LogP contribution in [0.15, 0.2) is 54.6 Å². The summed E-state index contributed by atoms with van der Waals surface area (Å²) < 4.78 is 23.1. The Morgan fingerprint density at radius 3 is 1.40 bits per heavy atom. The van der Waals surface area contributed by atoms with Crippen molar-refractivity contribution in [2.45, 2.75) is 144 Å². The van der Waals surface area contributed by atoms with Gasteiger partial charge < -0.3 is 24.3 Å². The van der Waals surface area contributed by atoms with Crippen molar-refractivity contribution in [2.75, 3.05) is 45.8 Å². The molecule has 1 aliphatic heterocycles. The fourth-order valence-corrected chi connectivity index (χ4v) is 6.89. The number of carbonyl (C=O) groups is 4. The van der Waals surface area contributed by atoms with E-state index in [0.29, 0.717) is 87.9 Å². The van der Waals surface area contributed by atoms with Gasteiger partial charge in [-0.1, -0.05) is 18.2 Å². The number of hydrogen-bond donors (Lipinski definition) is 1. The number of carbonyl (C=O) groups excluding carboxylic acids is 4. The minimum atomic E-state index is -0.768. The standard InChI is InChI=1S/C48H71N7O8/c1-45(2,3)60-41(56)32-53-26-28-55(40(43(58)62-47(7,8)9)24-13-14-25-49-44(59)63-48(10,11)12)29-27-54(33-42(57)61-46(4,5)6)31-35-19-16-21-37(51-35)39-23-17-22-38(52-39)36-20-15-18-34(30-53)50-36/h15-23,40H,13-14,24-33H2,1-12H3,(H,49,59)/t40-/m0/s1. The van der Waals surface area contributed by atoms with E-state index in [1.54, 1.807) is 0 Å². The van der Waals surface area contributed by atoms with Crippen LogP contribution in [0.2, 0.25) is 0 Å². The Morgan fingerprint density at radius 2 is 0.968 bits per heavy atom. The van der Waals surface area contributed by atoms with Gasteiger partial charge in [0.15, 0.2) is 0 Å². The highest BCUT2D eigenvalue weighted by atomic mass is 16.6. The van der Waals surface area contributed by atoms with Gasteiger partial charge in [-0.3, -0.25) is 29.1 Å². The van der Waals surface area contributed by atoms with Gasteiger partial charge in [-0.05, 0) is 139 Å². The minimum absolute atomic E-state index is 0.0245. The molecule has 63 heavy (non-hydrogen) atoms. The molecule has 346 valence electrons. The summed E-state index contributed by atoms with van der Waals surface area (Å²) in [6, 6.07) is 16.5. The first kappa shape index (κ1) is 50.7. The summed E-state index contributed by atoms with van der Waals surface area (Å²) in [6.07, 6.45) is 1.09. The van der Waals surface area contributed by atoms with Gasteiger partial charge in [-0.25, -0.2) is 19.7 Å². The molecule has 0 spiro atoms. The lowest BCUT2D eigenvalue weighted by Crippen LogP contribution is -2.50. The quantitative estimate of drug-likeness (QED) is 0.117. The summed E-state index contributed by atoms with van der Waals surface area (Å²) in [5, 5.41) is 2.82. The normalized spacial score (nSPS) is 15.6. The average molecular weight is 874 g/mol. The molecule has 1 aliphatic rings. The highest BCUT2D eigenvalue weighted by molar-refractivity contribution is 5.76. The predicted octanol–water partition coefficient (Wildman–Crippen LogP) is 7.21. The topological polar surface area (TPSA) is 166 Å². The molecule has 4 heterocycles. The maximum absolute atomic E-state index is 14.3. The molecule has 15 nitrogen and oxygen atoms in total. The molecule has 4 rings (SSSR count). The Kier molecular flexibility index (Phi) is 17.7. The molecule has 0 fully saturated rings. The number of rotatable bonds is 11. The smallest absolute Gasteiger partial charge is 0.407 e. The second-order valence-electron chi connectivity index (χ2n) is 20.0. The second kappa shape index (κ2) is 22.1. The van der Waals surface area contributed by atoms with E-state index in [1.807, 2.05) is 147 Å². The number of aromatic nitrogens is 3. The third-order valence-electron chi connectivity index (χ3n) is 9.30. The molecule has 0 aliphatic carbocycles. The van der Waals surface area contributed by atoms with Crippen molar-refractivity contribution in [2.24, 2.45) is 0 Å². The number of ether oxygens (including phenoxy) is 4. The Balaban J connectivity index is 1.78. The van der Waals surface area contributed by atoms with E-state index in [9.17, 15) is 19.2 Å². The second-order valence-corrected chi connectivity index (χ2v) is 20.0. The number of fused-ring (bicyclic) bond motifs is 8. The van der Waals surface area contributed by atoms with Gasteiger partial charge >= 0.3 is 24.0 Å². The number of nitrogens with zero attached hydrogens (tertiary/aromatic N) is 6. The largest absolute Gasteiger partial charge is 0.459 e. The molecule has 1 amide bonds. The lowest BCUT2D eigenvalue weighted by Gasteiger charge is -2.35. The Bertz CT molecular complexity index is 1890. The van der Waals surface area contributed by atoms with E-state index in [0.717, 1.165) is 11.4 Å². The summed E-state index contributed by atoms with van der Waals surface area (Å²) in [7, 11) is 0. The van der Waals surface area contributed by atoms with Crippen molar-refractivity contribution in [3.63, 3.8) is 0 Å². The van der Waals surface area contributed by atoms with E-state index in [1.165, 1.54) is 0 Å². The number of pyridine rings is 3. The van der Waals surface area contributed by atoms with Crippen molar-refractivity contribution in [3.05, 3.63) is 66.0 Å². The van der Waals surface area contributed by atoms with Crippen LogP contribution in [0.3, 0.4) is 0 Å². The third-order valence-corrected chi connectivity index (χ3v) is 9.30. The van der Waals surface area contributed by atoms with Crippen LogP contribution in [0.5, 0.6) is 0 Å². The number of unbranched alkanes of at least 4 members (excludes halogenated alkanes) is 1. The molecular weight excluding hydrogens is 803 g/mol. The Labute approximate surface area is 374 Å². The molecule has 0 saturated carbocycles. The molecule has 15 heteroatoms. The highest BCUT2D eigenvalue weighted by Gasteiger charge is 2.32. The van der Waals surface area contributed by atoms with Crippen LogP contribution in [0.1, 0.15) is 114 Å². The molecule has 0 saturated heterocycles. The van der Waals surface area contributed by atoms with E-state index in [4.69, 9.17) is 33.9 Å². The van der Waals surface area contributed by atoms with Crippen molar-refractivity contribution >= 4 is 24.0 Å². The number of hydrogen-bond acceptors (Lipinski definition) is 14. The lowest BCUT2D eigenvalue weighted by molar-refractivity contribution is -0.163. The van der Waals surface area contributed by atoms with Crippen molar-refractivity contribution in [1.82, 2.24) is 35.0 Å². The van der Waals surface area contributed by atoms with Crippen LogP contribution < -0.4 is 5.32 Å². The zero-order valence-electron chi connectivity index (χ0n) is 39.7.